The van der Waals surface area contributed by atoms with Gasteiger partial charge in [0.25, 0.3) is 0 Å². The second-order valence-corrected chi connectivity index (χ2v) is 15.0. The summed E-state index contributed by atoms with van der Waals surface area (Å²) < 4.78 is 12.3. The van der Waals surface area contributed by atoms with Crippen LogP contribution in [0.2, 0.25) is 0 Å². The Hall–Kier alpha value is -0.340. The van der Waals surface area contributed by atoms with Gasteiger partial charge in [0.05, 0.1) is 11.7 Å². The predicted octanol–water partition coefficient (Wildman–Crippen LogP) is 9.62. The van der Waals surface area contributed by atoms with Gasteiger partial charge in [0.15, 0.2) is 0 Å². The van der Waals surface area contributed by atoms with Crippen LogP contribution < -0.4 is 0 Å². The Morgan fingerprint density at radius 2 is 1.78 bits per heavy atom. The summed E-state index contributed by atoms with van der Waals surface area (Å²) in [5.74, 6) is 5.50. The third-order valence-electron chi connectivity index (χ3n) is 11.9. The monoisotopic (exact) mass is 500 g/mol. The first kappa shape index (κ1) is 28.7. The molecule has 4 aliphatic carbocycles. The number of rotatable bonds is 11. The zero-order chi connectivity index (χ0) is 26.1. The predicted molar refractivity (Wildman–Crippen MR) is 153 cm³/mol. The molecule has 0 saturated heterocycles. The highest BCUT2D eigenvalue weighted by Gasteiger charge is 2.59. The average Bonchev–Trinajstić information content (AvgIpc) is 3.16. The Morgan fingerprint density at radius 1 is 1.00 bits per heavy atom. The lowest BCUT2D eigenvalue weighted by Gasteiger charge is -2.58. The Bertz CT molecular complexity index is 752. The summed E-state index contributed by atoms with van der Waals surface area (Å²) >= 11 is 0. The fourth-order valence-corrected chi connectivity index (χ4v) is 9.73. The first-order chi connectivity index (χ1) is 17.0. The molecule has 0 amide bonds. The minimum atomic E-state index is -0.0743. The average molecular weight is 501 g/mol. The maximum atomic E-state index is 6.45. The van der Waals surface area contributed by atoms with E-state index in [2.05, 4.69) is 61.5 Å². The molecule has 0 aromatic heterocycles. The van der Waals surface area contributed by atoms with Gasteiger partial charge >= 0.3 is 0 Å². The van der Waals surface area contributed by atoms with Crippen LogP contribution in [0.3, 0.4) is 0 Å². The molecule has 0 unspecified atom stereocenters. The Labute approximate surface area is 224 Å². The molecule has 0 aromatic rings. The molecular formula is C34H60O2. The van der Waals surface area contributed by atoms with E-state index in [0.717, 1.165) is 55.1 Å². The Balaban J connectivity index is 1.37. The minimum Gasteiger partial charge on any atom is -0.378 e. The van der Waals surface area contributed by atoms with Crippen molar-refractivity contribution in [3.63, 3.8) is 0 Å². The SMILES string of the molecule is CCOC(C)(C)CCO[C@@H]1CC[C@@]2(C)C(=CC[C@H]3[C@@H]4CC[C@H]([C@H](C)CCCC(C)C)[C@@]4(C)CC[C@@H]32)C1. The summed E-state index contributed by atoms with van der Waals surface area (Å²) in [5, 5.41) is 0. The molecular weight excluding hydrogens is 440 g/mol. The van der Waals surface area contributed by atoms with Crippen LogP contribution in [0.5, 0.6) is 0 Å². The van der Waals surface area contributed by atoms with E-state index in [4.69, 9.17) is 9.47 Å². The third kappa shape index (κ3) is 5.80. The van der Waals surface area contributed by atoms with Crippen LogP contribution in [0.15, 0.2) is 11.6 Å². The molecule has 0 radical (unpaired) electrons. The number of hydrogen-bond acceptors (Lipinski definition) is 2. The second kappa shape index (κ2) is 11.4. The second-order valence-electron chi connectivity index (χ2n) is 15.0. The largest absolute Gasteiger partial charge is 0.378 e. The molecule has 3 fully saturated rings. The van der Waals surface area contributed by atoms with Crippen molar-refractivity contribution >= 4 is 0 Å². The van der Waals surface area contributed by atoms with Gasteiger partial charge < -0.3 is 9.47 Å². The summed E-state index contributed by atoms with van der Waals surface area (Å²) in [7, 11) is 0. The van der Waals surface area contributed by atoms with Gasteiger partial charge in [-0.05, 0) is 125 Å². The molecule has 0 aromatic carbocycles. The Morgan fingerprint density at radius 3 is 2.50 bits per heavy atom. The molecule has 8 atom stereocenters. The van der Waals surface area contributed by atoms with Crippen LogP contribution in [0, 0.1) is 46.3 Å². The highest BCUT2D eigenvalue weighted by atomic mass is 16.5. The van der Waals surface area contributed by atoms with Crippen LogP contribution in [-0.4, -0.2) is 24.9 Å². The molecule has 2 heteroatoms. The fraction of sp³-hybridized carbons (Fsp3) is 0.941. The van der Waals surface area contributed by atoms with Crippen LogP contribution >= 0.6 is 0 Å². The first-order valence-corrected chi connectivity index (χ1v) is 15.9. The number of hydrogen-bond donors (Lipinski definition) is 0. The van der Waals surface area contributed by atoms with Gasteiger partial charge in [-0.3, -0.25) is 0 Å². The standard InChI is InChI=1S/C34H60O2/c1-9-36-32(5,6)21-22-35-27-17-19-33(7)26(23-27)13-14-28-30-16-15-29(25(4)12-10-11-24(2)3)34(30,8)20-18-31(28)33/h13,24-25,27-31H,9-12,14-23H2,1-8H3/t25-,27-,28+,29-,30+,31+,33+,34-/m1/s1. The van der Waals surface area contributed by atoms with E-state index in [1.54, 1.807) is 5.57 Å². The highest BCUT2D eigenvalue weighted by molar-refractivity contribution is 5.25. The first-order valence-electron chi connectivity index (χ1n) is 15.9. The summed E-state index contributed by atoms with van der Waals surface area (Å²) in [6.07, 6.45) is 19.4. The lowest BCUT2D eigenvalue weighted by atomic mass is 9.47. The van der Waals surface area contributed by atoms with Crippen molar-refractivity contribution in [3.8, 4) is 0 Å². The number of allylic oxidation sites excluding steroid dienone is 1. The van der Waals surface area contributed by atoms with Crippen LogP contribution in [-0.2, 0) is 9.47 Å². The van der Waals surface area contributed by atoms with E-state index in [-0.39, 0.29) is 5.60 Å². The van der Waals surface area contributed by atoms with Crippen molar-refractivity contribution in [1.29, 1.82) is 0 Å². The summed E-state index contributed by atoms with van der Waals surface area (Å²) in [6.45, 7) is 20.8. The summed E-state index contributed by atoms with van der Waals surface area (Å²) in [5.41, 5.74) is 2.70. The molecule has 0 bridgehead atoms. The number of ether oxygens (including phenoxy) is 2. The molecule has 36 heavy (non-hydrogen) atoms. The van der Waals surface area contributed by atoms with E-state index in [1.807, 2.05) is 0 Å². The zero-order valence-electron chi connectivity index (χ0n) is 25.3. The van der Waals surface area contributed by atoms with Crippen molar-refractivity contribution in [3.05, 3.63) is 11.6 Å². The lowest BCUT2D eigenvalue weighted by Crippen LogP contribution is -2.51. The molecule has 208 valence electrons. The van der Waals surface area contributed by atoms with Crippen molar-refractivity contribution in [2.45, 2.75) is 144 Å². The van der Waals surface area contributed by atoms with E-state index < -0.39 is 0 Å². The molecule has 0 N–H and O–H groups in total. The van der Waals surface area contributed by atoms with Gasteiger partial charge in [0, 0.05) is 13.2 Å². The van der Waals surface area contributed by atoms with E-state index >= 15 is 0 Å². The fourth-order valence-electron chi connectivity index (χ4n) is 9.73. The normalized spacial score (nSPS) is 39.4. The molecule has 2 nitrogen and oxygen atoms in total. The summed E-state index contributed by atoms with van der Waals surface area (Å²) in [6, 6.07) is 0. The Kier molecular flexibility index (Phi) is 9.09. The van der Waals surface area contributed by atoms with Crippen LogP contribution in [0.4, 0.5) is 0 Å². The lowest BCUT2D eigenvalue weighted by molar-refractivity contribution is -0.0735. The van der Waals surface area contributed by atoms with Gasteiger partial charge in [-0.25, -0.2) is 0 Å². The third-order valence-corrected chi connectivity index (χ3v) is 11.9. The van der Waals surface area contributed by atoms with Gasteiger partial charge in [-0.1, -0.05) is 65.5 Å². The van der Waals surface area contributed by atoms with Crippen LogP contribution in [0.25, 0.3) is 0 Å². The quantitative estimate of drug-likeness (QED) is 0.263. The molecule has 4 rings (SSSR count). The van der Waals surface area contributed by atoms with Gasteiger partial charge in [0.1, 0.15) is 0 Å². The summed E-state index contributed by atoms with van der Waals surface area (Å²) in [4.78, 5) is 0. The van der Waals surface area contributed by atoms with Crippen molar-refractivity contribution in [1.82, 2.24) is 0 Å². The smallest absolute Gasteiger partial charge is 0.0648 e. The minimum absolute atomic E-state index is 0.0743. The highest BCUT2D eigenvalue weighted by Crippen LogP contribution is 2.67. The molecule has 0 heterocycles. The van der Waals surface area contributed by atoms with E-state index in [1.165, 1.54) is 70.6 Å². The maximum Gasteiger partial charge on any atom is 0.0648 e. The van der Waals surface area contributed by atoms with Gasteiger partial charge in [0.2, 0.25) is 0 Å². The van der Waals surface area contributed by atoms with Crippen LogP contribution in [0.1, 0.15) is 132 Å². The molecule has 3 saturated carbocycles. The van der Waals surface area contributed by atoms with Gasteiger partial charge in [-0.15, -0.1) is 0 Å². The van der Waals surface area contributed by atoms with Crippen molar-refractivity contribution in [2.75, 3.05) is 13.2 Å². The molecule has 0 aliphatic heterocycles. The molecule has 0 spiro atoms. The van der Waals surface area contributed by atoms with Crippen molar-refractivity contribution in [2.24, 2.45) is 46.3 Å². The zero-order valence-corrected chi connectivity index (χ0v) is 25.3. The van der Waals surface area contributed by atoms with Crippen molar-refractivity contribution < 1.29 is 9.47 Å². The topological polar surface area (TPSA) is 18.5 Å². The number of fused-ring (bicyclic) bond motifs is 5. The van der Waals surface area contributed by atoms with E-state index in [0.29, 0.717) is 16.9 Å². The molecule has 4 aliphatic rings. The van der Waals surface area contributed by atoms with E-state index in [9.17, 15) is 0 Å². The maximum absolute atomic E-state index is 6.45. The van der Waals surface area contributed by atoms with Gasteiger partial charge in [-0.2, -0.15) is 0 Å².